The lowest BCUT2D eigenvalue weighted by Crippen LogP contribution is -2.53. The highest BCUT2D eigenvalue weighted by molar-refractivity contribution is 5.84. The summed E-state index contributed by atoms with van der Waals surface area (Å²) < 4.78 is 5.16. The number of hydrogen-bond donors (Lipinski definition) is 2. The summed E-state index contributed by atoms with van der Waals surface area (Å²) in [4.78, 5) is 22.5. The third kappa shape index (κ3) is 2.72. The molecule has 1 aliphatic carbocycles. The molecule has 92 valence electrons. The van der Waals surface area contributed by atoms with Crippen LogP contribution in [0.1, 0.15) is 26.7 Å². The van der Waals surface area contributed by atoms with E-state index in [0.717, 1.165) is 12.8 Å². The van der Waals surface area contributed by atoms with E-state index in [1.165, 1.54) is 0 Å². The Bertz CT molecular complexity index is 277. The molecule has 5 nitrogen and oxygen atoms in total. The number of methoxy groups -OCH3 is 1. The van der Waals surface area contributed by atoms with Gasteiger partial charge in [-0.2, -0.15) is 0 Å². The number of amides is 1. The van der Waals surface area contributed by atoms with Crippen molar-refractivity contribution < 1.29 is 19.4 Å². The van der Waals surface area contributed by atoms with E-state index >= 15 is 0 Å². The van der Waals surface area contributed by atoms with Crippen LogP contribution in [0.5, 0.6) is 0 Å². The molecule has 4 unspecified atom stereocenters. The Hall–Kier alpha value is -1.10. The fourth-order valence-corrected chi connectivity index (χ4v) is 1.67. The second kappa shape index (κ2) is 5.30. The van der Waals surface area contributed by atoms with Crippen LogP contribution in [0.2, 0.25) is 0 Å². The average molecular weight is 229 g/mol. The van der Waals surface area contributed by atoms with Gasteiger partial charge in [-0.15, -0.1) is 0 Å². The summed E-state index contributed by atoms with van der Waals surface area (Å²) in [5, 5.41) is 11.6. The minimum atomic E-state index is -0.945. The Balaban J connectivity index is 2.43. The van der Waals surface area contributed by atoms with Crippen molar-refractivity contribution in [3.63, 3.8) is 0 Å². The van der Waals surface area contributed by atoms with Crippen LogP contribution in [0.15, 0.2) is 0 Å². The van der Waals surface area contributed by atoms with Gasteiger partial charge >= 0.3 is 5.97 Å². The van der Waals surface area contributed by atoms with Gasteiger partial charge in [0.2, 0.25) is 5.91 Å². The molecule has 0 radical (unpaired) electrons. The van der Waals surface area contributed by atoms with E-state index in [9.17, 15) is 9.59 Å². The highest BCUT2D eigenvalue weighted by Gasteiger charge is 2.34. The van der Waals surface area contributed by atoms with E-state index in [1.807, 2.05) is 0 Å². The van der Waals surface area contributed by atoms with Gasteiger partial charge < -0.3 is 15.2 Å². The van der Waals surface area contributed by atoms with Crippen LogP contribution < -0.4 is 5.32 Å². The Morgan fingerprint density at radius 2 is 1.94 bits per heavy atom. The van der Waals surface area contributed by atoms with Gasteiger partial charge in [0.1, 0.15) is 0 Å². The van der Waals surface area contributed by atoms with Crippen molar-refractivity contribution in [3.8, 4) is 0 Å². The molecule has 0 aromatic carbocycles. The molecule has 1 rings (SSSR count). The second-order valence-electron chi connectivity index (χ2n) is 4.38. The average Bonchev–Trinajstić information content (AvgIpc) is 2.22. The van der Waals surface area contributed by atoms with Crippen molar-refractivity contribution in [2.75, 3.05) is 7.11 Å². The zero-order valence-electron chi connectivity index (χ0n) is 9.90. The zero-order valence-corrected chi connectivity index (χ0v) is 9.90. The lowest BCUT2D eigenvalue weighted by molar-refractivity contribution is -0.146. The smallest absolute Gasteiger partial charge is 0.307 e. The van der Waals surface area contributed by atoms with Crippen LogP contribution in [0.25, 0.3) is 0 Å². The maximum atomic E-state index is 11.7. The standard InChI is InChI=1S/C11H19NO4/c1-6(7(2)11(14)15)10(13)12-8-4-5-9(8)16-3/h6-9H,4-5H2,1-3H3,(H,12,13)(H,14,15). The van der Waals surface area contributed by atoms with Crippen molar-refractivity contribution in [1.29, 1.82) is 0 Å². The highest BCUT2D eigenvalue weighted by Crippen LogP contribution is 2.23. The van der Waals surface area contributed by atoms with Gasteiger partial charge in [0.05, 0.1) is 18.1 Å². The molecule has 16 heavy (non-hydrogen) atoms. The lowest BCUT2D eigenvalue weighted by atomic mass is 9.87. The van der Waals surface area contributed by atoms with Crippen molar-refractivity contribution in [2.45, 2.75) is 38.8 Å². The molecule has 1 aliphatic rings. The molecule has 0 aliphatic heterocycles. The summed E-state index contributed by atoms with van der Waals surface area (Å²) in [6, 6.07) is 0.0425. The number of carbonyl (C=O) groups is 2. The SMILES string of the molecule is COC1CCC1NC(=O)C(C)C(C)C(=O)O. The first-order valence-corrected chi connectivity index (χ1v) is 5.53. The molecular formula is C11H19NO4. The molecule has 0 saturated heterocycles. The van der Waals surface area contributed by atoms with E-state index < -0.39 is 17.8 Å². The molecule has 5 heteroatoms. The summed E-state index contributed by atoms with van der Waals surface area (Å²) in [6.07, 6.45) is 1.93. The molecule has 0 spiro atoms. The third-order valence-corrected chi connectivity index (χ3v) is 3.39. The van der Waals surface area contributed by atoms with Crippen LogP contribution in [0.3, 0.4) is 0 Å². The number of ether oxygens (including phenoxy) is 1. The summed E-state index contributed by atoms with van der Waals surface area (Å²) in [6.45, 7) is 3.18. The number of carbonyl (C=O) groups excluding carboxylic acids is 1. The van der Waals surface area contributed by atoms with Gasteiger partial charge in [0, 0.05) is 13.0 Å². The number of carboxylic acid groups (broad SMARTS) is 1. The number of hydrogen-bond acceptors (Lipinski definition) is 3. The van der Waals surface area contributed by atoms with E-state index in [4.69, 9.17) is 9.84 Å². The summed E-state index contributed by atoms with van der Waals surface area (Å²) in [5.74, 6) is -2.34. The van der Waals surface area contributed by atoms with E-state index in [1.54, 1.807) is 21.0 Å². The van der Waals surface area contributed by atoms with Crippen LogP contribution in [0.4, 0.5) is 0 Å². The zero-order chi connectivity index (χ0) is 12.3. The van der Waals surface area contributed by atoms with Crippen molar-refractivity contribution in [3.05, 3.63) is 0 Å². The normalized spacial score (nSPS) is 27.7. The second-order valence-corrected chi connectivity index (χ2v) is 4.38. The molecule has 2 N–H and O–H groups in total. The van der Waals surface area contributed by atoms with Crippen LogP contribution in [-0.4, -0.2) is 36.2 Å². The molecule has 0 heterocycles. The maximum Gasteiger partial charge on any atom is 0.307 e. The van der Waals surface area contributed by atoms with Crippen molar-refractivity contribution in [1.82, 2.24) is 5.32 Å². The predicted molar refractivity (Wildman–Crippen MR) is 57.9 cm³/mol. The fraction of sp³-hybridized carbons (Fsp3) is 0.818. The third-order valence-electron chi connectivity index (χ3n) is 3.39. The quantitative estimate of drug-likeness (QED) is 0.725. The number of rotatable bonds is 5. The predicted octanol–water partition coefficient (Wildman–Crippen LogP) is 0.637. The molecule has 4 atom stereocenters. The Morgan fingerprint density at radius 1 is 1.31 bits per heavy atom. The largest absolute Gasteiger partial charge is 0.481 e. The summed E-state index contributed by atoms with van der Waals surface area (Å²) in [5.41, 5.74) is 0. The molecule has 0 aromatic rings. The number of nitrogens with one attached hydrogen (secondary N) is 1. The summed E-state index contributed by atoms with van der Waals surface area (Å²) >= 11 is 0. The molecular weight excluding hydrogens is 210 g/mol. The topological polar surface area (TPSA) is 75.6 Å². The van der Waals surface area contributed by atoms with Gasteiger partial charge in [-0.05, 0) is 12.8 Å². The van der Waals surface area contributed by atoms with Gasteiger partial charge in [0.15, 0.2) is 0 Å². The van der Waals surface area contributed by atoms with E-state index in [2.05, 4.69) is 5.32 Å². The van der Waals surface area contributed by atoms with Crippen LogP contribution in [0, 0.1) is 11.8 Å². The van der Waals surface area contributed by atoms with Gasteiger partial charge in [-0.25, -0.2) is 0 Å². The van der Waals surface area contributed by atoms with Gasteiger partial charge in [0.25, 0.3) is 0 Å². The summed E-state index contributed by atoms with van der Waals surface area (Å²) in [7, 11) is 1.62. The van der Waals surface area contributed by atoms with Crippen molar-refractivity contribution in [2.24, 2.45) is 11.8 Å². The number of aliphatic carboxylic acids is 1. The molecule has 1 saturated carbocycles. The van der Waals surface area contributed by atoms with Crippen LogP contribution >= 0.6 is 0 Å². The Kier molecular flexibility index (Phi) is 4.29. The van der Waals surface area contributed by atoms with Crippen molar-refractivity contribution >= 4 is 11.9 Å². The fourth-order valence-electron chi connectivity index (χ4n) is 1.67. The minimum Gasteiger partial charge on any atom is -0.481 e. The maximum absolute atomic E-state index is 11.7. The highest BCUT2D eigenvalue weighted by atomic mass is 16.5. The van der Waals surface area contributed by atoms with Gasteiger partial charge in [-0.3, -0.25) is 9.59 Å². The number of carboxylic acids is 1. The van der Waals surface area contributed by atoms with Crippen LogP contribution in [-0.2, 0) is 14.3 Å². The van der Waals surface area contributed by atoms with E-state index in [0.29, 0.717) is 0 Å². The first kappa shape index (κ1) is 13.0. The first-order chi connectivity index (χ1) is 7.47. The monoisotopic (exact) mass is 229 g/mol. The van der Waals surface area contributed by atoms with Gasteiger partial charge in [-0.1, -0.05) is 13.8 Å². The minimum absolute atomic E-state index is 0.0425. The molecule has 1 amide bonds. The Morgan fingerprint density at radius 3 is 2.31 bits per heavy atom. The molecule has 0 aromatic heterocycles. The van der Waals surface area contributed by atoms with E-state index in [-0.39, 0.29) is 18.1 Å². The first-order valence-electron chi connectivity index (χ1n) is 5.53. The molecule has 0 bridgehead atoms. The molecule has 1 fully saturated rings. The Labute approximate surface area is 95.2 Å². The lowest BCUT2D eigenvalue weighted by Gasteiger charge is -2.36.